The first kappa shape index (κ1) is 18.1. The molecule has 2 aromatic carbocycles. The number of benzene rings is 2. The first-order chi connectivity index (χ1) is 11.7. The molecule has 0 spiro atoms. The van der Waals surface area contributed by atoms with Gasteiger partial charge in [-0.25, -0.2) is 0 Å². The molecule has 0 saturated heterocycles. The van der Waals surface area contributed by atoms with Crippen LogP contribution in [0, 0.1) is 5.92 Å². The Kier molecular flexibility index (Phi) is 7.43. The van der Waals surface area contributed by atoms with E-state index < -0.39 is 0 Å². The van der Waals surface area contributed by atoms with E-state index in [9.17, 15) is 0 Å². The van der Waals surface area contributed by atoms with Gasteiger partial charge in [0.1, 0.15) is 18.1 Å². The molecule has 1 N–H and O–H groups in total. The zero-order valence-electron chi connectivity index (χ0n) is 14.7. The van der Waals surface area contributed by atoms with Crippen molar-refractivity contribution in [1.29, 1.82) is 0 Å². The molecule has 0 bridgehead atoms. The van der Waals surface area contributed by atoms with Gasteiger partial charge in [-0.2, -0.15) is 0 Å². The lowest BCUT2D eigenvalue weighted by Gasteiger charge is -2.11. The molecule has 24 heavy (non-hydrogen) atoms. The van der Waals surface area contributed by atoms with E-state index in [1.54, 1.807) is 7.11 Å². The van der Waals surface area contributed by atoms with Gasteiger partial charge in [0.2, 0.25) is 0 Å². The summed E-state index contributed by atoms with van der Waals surface area (Å²) in [6, 6.07) is 16.1. The minimum absolute atomic E-state index is 0.524. The van der Waals surface area contributed by atoms with Crippen molar-refractivity contribution in [3.05, 3.63) is 54.1 Å². The van der Waals surface area contributed by atoms with E-state index in [1.165, 1.54) is 5.56 Å². The van der Waals surface area contributed by atoms with Crippen LogP contribution in [0.15, 0.2) is 48.5 Å². The third kappa shape index (κ3) is 6.50. The van der Waals surface area contributed by atoms with Gasteiger partial charge in [0.25, 0.3) is 0 Å². The Morgan fingerprint density at radius 3 is 2.42 bits per heavy atom. The van der Waals surface area contributed by atoms with Crippen LogP contribution in [0.1, 0.15) is 19.4 Å². The molecule has 0 amide bonds. The molecule has 2 aromatic rings. The molecule has 0 aliphatic heterocycles. The van der Waals surface area contributed by atoms with E-state index in [4.69, 9.17) is 14.2 Å². The van der Waals surface area contributed by atoms with Crippen molar-refractivity contribution in [2.45, 2.75) is 20.4 Å². The van der Waals surface area contributed by atoms with E-state index in [2.05, 4.69) is 31.3 Å². The average Bonchev–Trinajstić information content (AvgIpc) is 2.60. The largest absolute Gasteiger partial charge is 0.493 e. The average molecular weight is 329 g/mol. The van der Waals surface area contributed by atoms with Gasteiger partial charge < -0.3 is 19.5 Å². The highest BCUT2D eigenvalue weighted by atomic mass is 16.5. The van der Waals surface area contributed by atoms with Crippen molar-refractivity contribution in [2.24, 2.45) is 5.92 Å². The maximum Gasteiger partial charge on any atom is 0.119 e. The lowest BCUT2D eigenvalue weighted by molar-refractivity contribution is 0.146. The van der Waals surface area contributed by atoms with Gasteiger partial charge in [0.15, 0.2) is 0 Å². The monoisotopic (exact) mass is 329 g/mol. The zero-order chi connectivity index (χ0) is 17.2. The summed E-state index contributed by atoms with van der Waals surface area (Å²) in [5.74, 6) is 2.29. The van der Waals surface area contributed by atoms with E-state index in [0.717, 1.165) is 30.3 Å². The molecule has 0 atom stereocenters. The number of anilines is 1. The van der Waals surface area contributed by atoms with Gasteiger partial charge >= 0.3 is 0 Å². The van der Waals surface area contributed by atoms with Gasteiger partial charge in [0, 0.05) is 19.3 Å². The van der Waals surface area contributed by atoms with Crippen molar-refractivity contribution in [1.82, 2.24) is 0 Å². The van der Waals surface area contributed by atoms with E-state index >= 15 is 0 Å². The Bertz CT molecular complexity index is 596. The molecule has 0 aromatic heterocycles. The summed E-state index contributed by atoms with van der Waals surface area (Å²) in [5.41, 5.74) is 2.25. The van der Waals surface area contributed by atoms with Crippen molar-refractivity contribution in [2.75, 3.05) is 32.2 Å². The molecule has 0 aliphatic rings. The molecule has 0 unspecified atom stereocenters. The molecule has 0 aliphatic carbocycles. The highest BCUT2D eigenvalue weighted by molar-refractivity contribution is 5.47. The van der Waals surface area contributed by atoms with Crippen molar-refractivity contribution in [3.8, 4) is 11.5 Å². The first-order valence-corrected chi connectivity index (χ1v) is 8.35. The molecule has 0 radical (unpaired) electrons. The quantitative estimate of drug-likeness (QED) is 0.658. The predicted molar refractivity (Wildman–Crippen MR) is 97.9 cm³/mol. The summed E-state index contributed by atoms with van der Waals surface area (Å²) in [6.45, 7) is 6.94. The minimum atomic E-state index is 0.524. The highest BCUT2D eigenvalue weighted by Gasteiger charge is 2.00. The molecule has 0 heterocycles. The topological polar surface area (TPSA) is 39.7 Å². The molecule has 0 saturated carbocycles. The Hall–Kier alpha value is -2.20. The molecular weight excluding hydrogens is 302 g/mol. The SMILES string of the molecule is COCCOc1ccc(NCc2cccc(OCC(C)C)c2)cc1. The molecule has 4 nitrogen and oxygen atoms in total. The van der Waals surface area contributed by atoms with Crippen LogP contribution in [0.5, 0.6) is 11.5 Å². The Morgan fingerprint density at radius 1 is 0.917 bits per heavy atom. The van der Waals surface area contributed by atoms with Gasteiger partial charge in [-0.05, 0) is 47.9 Å². The third-order valence-electron chi connectivity index (χ3n) is 3.39. The normalized spacial score (nSPS) is 10.7. The standard InChI is InChI=1S/C20H27NO3/c1-16(2)15-24-20-6-4-5-17(13-20)14-21-18-7-9-19(10-8-18)23-12-11-22-3/h4-10,13,16,21H,11-12,14-15H2,1-3H3. The number of nitrogens with one attached hydrogen (secondary N) is 1. The fourth-order valence-corrected chi connectivity index (χ4v) is 2.12. The van der Waals surface area contributed by atoms with E-state index in [-0.39, 0.29) is 0 Å². The van der Waals surface area contributed by atoms with E-state index in [1.807, 2.05) is 36.4 Å². The second-order valence-electron chi connectivity index (χ2n) is 6.07. The van der Waals surface area contributed by atoms with Gasteiger partial charge in [0.05, 0.1) is 13.2 Å². The zero-order valence-corrected chi connectivity index (χ0v) is 14.7. The van der Waals surface area contributed by atoms with Crippen molar-refractivity contribution < 1.29 is 14.2 Å². The number of rotatable bonds is 10. The predicted octanol–water partition coefficient (Wildman–Crippen LogP) is 4.36. The van der Waals surface area contributed by atoms with Crippen LogP contribution < -0.4 is 14.8 Å². The number of hydrogen-bond donors (Lipinski definition) is 1. The van der Waals surface area contributed by atoms with E-state index in [0.29, 0.717) is 19.1 Å². The van der Waals surface area contributed by atoms with Crippen LogP contribution in [0.2, 0.25) is 0 Å². The Balaban J connectivity index is 1.83. The van der Waals surface area contributed by atoms with Crippen LogP contribution in [0.25, 0.3) is 0 Å². The lowest BCUT2D eigenvalue weighted by Crippen LogP contribution is -2.05. The van der Waals surface area contributed by atoms with Gasteiger partial charge in [-0.15, -0.1) is 0 Å². The molecule has 0 fully saturated rings. The second kappa shape index (κ2) is 9.83. The van der Waals surface area contributed by atoms with Crippen LogP contribution in [-0.4, -0.2) is 26.9 Å². The number of hydrogen-bond acceptors (Lipinski definition) is 4. The number of methoxy groups -OCH3 is 1. The van der Waals surface area contributed by atoms with Crippen LogP contribution >= 0.6 is 0 Å². The van der Waals surface area contributed by atoms with Crippen LogP contribution in [0.4, 0.5) is 5.69 Å². The minimum Gasteiger partial charge on any atom is -0.493 e. The van der Waals surface area contributed by atoms with Gasteiger partial charge in [-0.3, -0.25) is 0 Å². The fraction of sp³-hybridized carbons (Fsp3) is 0.400. The molecule has 2 rings (SSSR count). The molecular formula is C20H27NO3. The highest BCUT2D eigenvalue weighted by Crippen LogP contribution is 2.18. The van der Waals surface area contributed by atoms with Crippen molar-refractivity contribution >= 4 is 5.69 Å². The summed E-state index contributed by atoms with van der Waals surface area (Å²) >= 11 is 0. The maximum absolute atomic E-state index is 5.77. The summed E-state index contributed by atoms with van der Waals surface area (Å²) in [5, 5.41) is 3.41. The molecule has 130 valence electrons. The molecule has 4 heteroatoms. The first-order valence-electron chi connectivity index (χ1n) is 8.35. The summed E-state index contributed by atoms with van der Waals surface area (Å²) < 4.78 is 16.3. The second-order valence-corrected chi connectivity index (χ2v) is 6.07. The summed E-state index contributed by atoms with van der Waals surface area (Å²) in [6.07, 6.45) is 0. The smallest absolute Gasteiger partial charge is 0.119 e. The summed E-state index contributed by atoms with van der Waals surface area (Å²) in [7, 11) is 1.67. The van der Waals surface area contributed by atoms with Gasteiger partial charge in [-0.1, -0.05) is 26.0 Å². The number of ether oxygens (including phenoxy) is 3. The summed E-state index contributed by atoms with van der Waals surface area (Å²) in [4.78, 5) is 0. The van der Waals surface area contributed by atoms with Crippen LogP contribution in [0.3, 0.4) is 0 Å². The van der Waals surface area contributed by atoms with Crippen LogP contribution in [-0.2, 0) is 11.3 Å². The van der Waals surface area contributed by atoms with Crippen molar-refractivity contribution in [3.63, 3.8) is 0 Å². The Labute approximate surface area is 144 Å². The third-order valence-corrected chi connectivity index (χ3v) is 3.39. The Morgan fingerprint density at radius 2 is 1.71 bits per heavy atom. The lowest BCUT2D eigenvalue weighted by atomic mass is 10.2. The maximum atomic E-state index is 5.77. The fourth-order valence-electron chi connectivity index (χ4n) is 2.12.